The topological polar surface area (TPSA) is 75.6 Å². The molecule has 0 fully saturated rings. The lowest BCUT2D eigenvalue weighted by molar-refractivity contribution is 0.854. The first-order chi connectivity index (χ1) is 6.72. The molecule has 0 amide bonds. The van der Waals surface area contributed by atoms with Crippen molar-refractivity contribution in [3.63, 3.8) is 0 Å². The highest BCUT2D eigenvalue weighted by Gasteiger charge is 2.10. The molecule has 0 aliphatic heterocycles. The molecular weight excluding hydrogens is 176 g/mol. The summed E-state index contributed by atoms with van der Waals surface area (Å²) in [6.07, 6.45) is 2.45. The molecule has 0 bridgehead atoms. The number of hydrogen-bond donors (Lipinski definition) is 1. The van der Waals surface area contributed by atoms with Crippen molar-refractivity contribution < 1.29 is 0 Å². The molecule has 4 nitrogen and oxygen atoms in total. The molecule has 0 spiro atoms. The van der Waals surface area contributed by atoms with Gasteiger partial charge in [-0.3, -0.25) is 0 Å². The van der Waals surface area contributed by atoms with E-state index in [0.29, 0.717) is 12.0 Å². The molecule has 1 heterocycles. The van der Waals surface area contributed by atoms with Crippen LogP contribution in [0.25, 0.3) is 0 Å². The zero-order valence-corrected chi connectivity index (χ0v) is 8.54. The van der Waals surface area contributed by atoms with Gasteiger partial charge in [0, 0.05) is 0 Å². The first-order valence-electron chi connectivity index (χ1n) is 4.78. The normalized spacial score (nSPS) is 9.79. The van der Waals surface area contributed by atoms with Gasteiger partial charge in [-0.05, 0) is 12.8 Å². The van der Waals surface area contributed by atoms with E-state index in [9.17, 15) is 0 Å². The molecule has 1 rings (SSSR count). The molecule has 4 heteroatoms. The Kier molecular flexibility index (Phi) is 3.41. The van der Waals surface area contributed by atoms with Crippen LogP contribution in [-0.4, -0.2) is 9.97 Å². The smallest absolute Gasteiger partial charge is 0.220 e. The zero-order valence-electron chi connectivity index (χ0n) is 8.54. The molecule has 0 unspecified atom stereocenters. The molecule has 0 aliphatic rings. The molecule has 0 saturated heterocycles. The number of nitrogens with two attached hydrogens (primary N) is 1. The minimum absolute atomic E-state index is 0.268. The van der Waals surface area contributed by atoms with Crippen LogP contribution < -0.4 is 5.73 Å². The monoisotopic (exact) mass is 190 g/mol. The standard InChI is InChI=1S/C10H14N4/c1-3-5-9-7(6-11)8(4-2)13-10(12)14-9/h3-5H2,1-2H3,(H2,12,13,14). The Morgan fingerprint density at radius 2 is 1.93 bits per heavy atom. The summed E-state index contributed by atoms with van der Waals surface area (Å²) in [4.78, 5) is 8.14. The van der Waals surface area contributed by atoms with Gasteiger partial charge in [0.25, 0.3) is 0 Å². The van der Waals surface area contributed by atoms with Gasteiger partial charge in [-0.25, -0.2) is 9.97 Å². The van der Waals surface area contributed by atoms with Crippen LogP contribution >= 0.6 is 0 Å². The van der Waals surface area contributed by atoms with Crippen molar-refractivity contribution in [3.8, 4) is 6.07 Å². The molecule has 0 atom stereocenters. The minimum atomic E-state index is 0.268. The van der Waals surface area contributed by atoms with Gasteiger partial charge in [-0.15, -0.1) is 0 Å². The first-order valence-corrected chi connectivity index (χ1v) is 4.78. The van der Waals surface area contributed by atoms with Crippen LogP contribution in [0.2, 0.25) is 0 Å². The summed E-state index contributed by atoms with van der Waals surface area (Å²) < 4.78 is 0. The SMILES string of the molecule is CCCc1nc(N)nc(CC)c1C#N. The molecule has 1 aromatic rings. The van der Waals surface area contributed by atoms with Crippen LogP contribution in [0, 0.1) is 11.3 Å². The van der Waals surface area contributed by atoms with E-state index in [2.05, 4.69) is 16.0 Å². The van der Waals surface area contributed by atoms with E-state index in [1.165, 1.54) is 0 Å². The van der Waals surface area contributed by atoms with Gasteiger partial charge in [0.1, 0.15) is 6.07 Å². The number of aryl methyl sites for hydroxylation is 2. The minimum Gasteiger partial charge on any atom is -0.368 e. The van der Waals surface area contributed by atoms with E-state index in [1.807, 2.05) is 13.8 Å². The van der Waals surface area contributed by atoms with Crippen molar-refractivity contribution >= 4 is 5.95 Å². The number of nitrogens with zero attached hydrogens (tertiary/aromatic N) is 3. The van der Waals surface area contributed by atoms with Gasteiger partial charge in [-0.1, -0.05) is 20.3 Å². The van der Waals surface area contributed by atoms with Crippen molar-refractivity contribution in [2.24, 2.45) is 0 Å². The van der Waals surface area contributed by atoms with E-state index in [1.54, 1.807) is 0 Å². The maximum absolute atomic E-state index is 8.98. The van der Waals surface area contributed by atoms with Gasteiger partial charge >= 0.3 is 0 Å². The first kappa shape index (κ1) is 10.5. The Morgan fingerprint density at radius 1 is 1.29 bits per heavy atom. The summed E-state index contributed by atoms with van der Waals surface area (Å²) in [6.45, 7) is 4.00. The third-order valence-electron chi connectivity index (χ3n) is 2.01. The van der Waals surface area contributed by atoms with Gasteiger partial charge in [0.2, 0.25) is 5.95 Å². The van der Waals surface area contributed by atoms with Crippen LogP contribution in [0.1, 0.15) is 37.2 Å². The molecule has 74 valence electrons. The molecule has 0 aliphatic carbocycles. The van der Waals surface area contributed by atoms with Crippen LogP contribution in [0.15, 0.2) is 0 Å². The number of aromatic nitrogens is 2. The van der Waals surface area contributed by atoms with Crippen molar-refractivity contribution in [1.29, 1.82) is 5.26 Å². The Balaban J connectivity index is 3.26. The number of anilines is 1. The highest BCUT2D eigenvalue weighted by Crippen LogP contribution is 2.13. The van der Waals surface area contributed by atoms with Gasteiger partial charge in [-0.2, -0.15) is 5.26 Å². The summed E-state index contributed by atoms with van der Waals surface area (Å²) in [5, 5.41) is 8.98. The second-order valence-corrected chi connectivity index (χ2v) is 3.07. The largest absolute Gasteiger partial charge is 0.368 e. The fourth-order valence-corrected chi connectivity index (χ4v) is 1.38. The average Bonchev–Trinajstić information content (AvgIpc) is 2.17. The molecule has 2 N–H and O–H groups in total. The lowest BCUT2D eigenvalue weighted by atomic mass is 10.1. The van der Waals surface area contributed by atoms with E-state index in [-0.39, 0.29) is 5.95 Å². The van der Waals surface area contributed by atoms with Crippen molar-refractivity contribution in [2.45, 2.75) is 33.1 Å². The predicted molar refractivity (Wildman–Crippen MR) is 54.5 cm³/mol. The number of rotatable bonds is 3. The summed E-state index contributed by atoms with van der Waals surface area (Å²) in [5.41, 5.74) is 7.69. The van der Waals surface area contributed by atoms with Crippen LogP contribution in [0.4, 0.5) is 5.95 Å². The van der Waals surface area contributed by atoms with Crippen molar-refractivity contribution in [3.05, 3.63) is 17.0 Å². The lowest BCUT2D eigenvalue weighted by Gasteiger charge is -2.06. The molecule has 0 radical (unpaired) electrons. The highest BCUT2D eigenvalue weighted by molar-refractivity contribution is 5.41. The third kappa shape index (κ3) is 1.99. The summed E-state index contributed by atoms with van der Waals surface area (Å²) >= 11 is 0. The zero-order chi connectivity index (χ0) is 10.6. The molecule has 0 aromatic carbocycles. The second kappa shape index (κ2) is 4.56. The van der Waals surface area contributed by atoms with E-state index in [0.717, 1.165) is 24.2 Å². The van der Waals surface area contributed by atoms with Gasteiger partial charge in [0.05, 0.1) is 17.0 Å². The van der Waals surface area contributed by atoms with Crippen molar-refractivity contribution in [1.82, 2.24) is 9.97 Å². The highest BCUT2D eigenvalue weighted by atomic mass is 15.0. The number of nitriles is 1. The molecular formula is C10H14N4. The summed E-state index contributed by atoms with van der Waals surface area (Å²) in [5.74, 6) is 0.268. The maximum Gasteiger partial charge on any atom is 0.220 e. The van der Waals surface area contributed by atoms with Crippen molar-refractivity contribution in [2.75, 3.05) is 5.73 Å². The third-order valence-corrected chi connectivity index (χ3v) is 2.01. The second-order valence-electron chi connectivity index (χ2n) is 3.07. The van der Waals surface area contributed by atoms with Gasteiger partial charge < -0.3 is 5.73 Å². The Morgan fingerprint density at radius 3 is 2.43 bits per heavy atom. The predicted octanol–water partition coefficient (Wildman–Crippen LogP) is 1.45. The fourth-order valence-electron chi connectivity index (χ4n) is 1.38. The van der Waals surface area contributed by atoms with Gasteiger partial charge in [0.15, 0.2) is 0 Å². The quantitative estimate of drug-likeness (QED) is 0.782. The fraction of sp³-hybridized carbons (Fsp3) is 0.500. The Labute approximate surface area is 83.8 Å². The Hall–Kier alpha value is -1.63. The summed E-state index contributed by atoms with van der Waals surface area (Å²) in [7, 11) is 0. The average molecular weight is 190 g/mol. The van der Waals surface area contributed by atoms with Crippen LogP contribution in [-0.2, 0) is 12.8 Å². The number of hydrogen-bond acceptors (Lipinski definition) is 4. The van der Waals surface area contributed by atoms with Crippen LogP contribution in [0.3, 0.4) is 0 Å². The van der Waals surface area contributed by atoms with E-state index in [4.69, 9.17) is 11.0 Å². The Bertz CT molecular complexity index is 365. The maximum atomic E-state index is 8.98. The lowest BCUT2D eigenvalue weighted by Crippen LogP contribution is -2.07. The van der Waals surface area contributed by atoms with E-state index >= 15 is 0 Å². The summed E-state index contributed by atoms with van der Waals surface area (Å²) in [6, 6.07) is 2.15. The van der Waals surface area contributed by atoms with Crippen LogP contribution in [0.5, 0.6) is 0 Å². The number of nitrogen functional groups attached to an aromatic ring is 1. The molecule has 14 heavy (non-hydrogen) atoms. The van der Waals surface area contributed by atoms with E-state index < -0.39 is 0 Å². The molecule has 0 saturated carbocycles. The molecule has 1 aromatic heterocycles.